The standard InChI is InChI=1S/C12H7N3O3S/c16-10-8-7(6-1-3-13-4-2-6)5-19-11(8)15-9(14-10)12(17)18/h1-5H,(H,17,18)(H,14,15,16). The van der Waals surface area contributed by atoms with E-state index >= 15 is 0 Å². The molecule has 0 saturated heterocycles. The van der Waals surface area contributed by atoms with E-state index in [9.17, 15) is 9.59 Å². The molecule has 6 nitrogen and oxygen atoms in total. The predicted molar refractivity (Wildman–Crippen MR) is 70.4 cm³/mol. The van der Waals surface area contributed by atoms with Crippen LogP contribution in [-0.2, 0) is 0 Å². The third kappa shape index (κ3) is 1.89. The molecule has 3 aromatic heterocycles. The Labute approximate surface area is 110 Å². The van der Waals surface area contributed by atoms with Gasteiger partial charge in [-0.1, -0.05) is 0 Å². The summed E-state index contributed by atoms with van der Waals surface area (Å²) in [7, 11) is 0. The molecule has 0 aliphatic carbocycles. The molecule has 19 heavy (non-hydrogen) atoms. The number of carbonyl (C=O) groups is 1. The second kappa shape index (κ2) is 4.29. The van der Waals surface area contributed by atoms with Crippen LogP contribution in [0.15, 0.2) is 34.7 Å². The van der Waals surface area contributed by atoms with Gasteiger partial charge in [-0.2, -0.15) is 0 Å². The fourth-order valence-electron chi connectivity index (χ4n) is 1.79. The van der Waals surface area contributed by atoms with Crippen molar-refractivity contribution in [2.75, 3.05) is 0 Å². The van der Waals surface area contributed by atoms with Crippen molar-refractivity contribution in [3.63, 3.8) is 0 Å². The lowest BCUT2D eigenvalue weighted by Gasteiger charge is -1.98. The number of carboxylic acids is 1. The molecule has 0 aromatic carbocycles. The highest BCUT2D eigenvalue weighted by Gasteiger charge is 2.15. The minimum absolute atomic E-state index is 0.347. The molecular weight excluding hydrogens is 266 g/mol. The summed E-state index contributed by atoms with van der Waals surface area (Å²) in [5, 5.41) is 11.0. The maximum absolute atomic E-state index is 12.0. The molecule has 7 heteroatoms. The largest absolute Gasteiger partial charge is 0.475 e. The highest BCUT2D eigenvalue weighted by Crippen LogP contribution is 2.30. The molecule has 0 radical (unpaired) electrons. The lowest BCUT2D eigenvalue weighted by atomic mass is 10.1. The van der Waals surface area contributed by atoms with E-state index in [0.717, 1.165) is 11.1 Å². The molecule has 0 bridgehead atoms. The van der Waals surface area contributed by atoms with Crippen LogP contribution in [0, 0.1) is 0 Å². The zero-order valence-electron chi connectivity index (χ0n) is 9.45. The number of aromatic amines is 1. The highest BCUT2D eigenvalue weighted by atomic mass is 32.1. The van der Waals surface area contributed by atoms with Crippen molar-refractivity contribution in [1.82, 2.24) is 15.0 Å². The van der Waals surface area contributed by atoms with E-state index in [-0.39, 0.29) is 5.82 Å². The summed E-state index contributed by atoms with van der Waals surface area (Å²) in [6.45, 7) is 0. The number of hydrogen-bond donors (Lipinski definition) is 2. The van der Waals surface area contributed by atoms with Gasteiger partial charge >= 0.3 is 5.97 Å². The summed E-state index contributed by atoms with van der Waals surface area (Å²) in [6.07, 6.45) is 3.26. The van der Waals surface area contributed by atoms with Crippen LogP contribution in [0.4, 0.5) is 0 Å². The maximum Gasteiger partial charge on any atom is 0.372 e. The Morgan fingerprint density at radius 3 is 2.74 bits per heavy atom. The van der Waals surface area contributed by atoms with E-state index in [1.807, 2.05) is 0 Å². The lowest BCUT2D eigenvalue weighted by molar-refractivity contribution is 0.0683. The van der Waals surface area contributed by atoms with Crippen molar-refractivity contribution >= 4 is 27.5 Å². The van der Waals surface area contributed by atoms with Crippen molar-refractivity contribution in [2.45, 2.75) is 0 Å². The van der Waals surface area contributed by atoms with E-state index in [2.05, 4.69) is 15.0 Å². The summed E-state index contributed by atoms with van der Waals surface area (Å²) in [5.41, 5.74) is 1.13. The van der Waals surface area contributed by atoms with Gasteiger partial charge in [-0.15, -0.1) is 11.3 Å². The van der Waals surface area contributed by atoms with Crippen molar-refractivity contribution in [1.29, 1.82) is 0 Å². The van der Waals surface area contributed by atoms with E-state index in [4.69, 9.17) is 5.11 Å². The number of aromatic carboxylic acids is 1. The molecule has 3 rings (SSSR count). The molecule has 0 spiro atoms. The summed E-state index contributed by atoms with van der Waals surface area (Å²) in [6, 6.07) is 3.57. The summed E-state index contributed by atoms with van der Waals surface area (Å²) >= 11 is 1.24. The SMILES string of the molecule is O=C(O)c1nc2scc(-c3ccncc3)c2c(=O)[nH]1. The second-order valence-electron chi connectivity index (χ2n) is 3.79. The number of H-pyrrole nitrogens is 1. The molecule has 0 amide bonds. The van der Waals surface area contributed by atoms with Crippen molar-refractivity contribution in [3.05, 3.63) is 46.1 Å². The zero-order valence-corrected chi connectivity index (χ0v) is 10.3. The molecule has 0 aliphatic rings. The third-order valence-electron chi connectivity index (χ3n) is 2.64. The molecule has 0 aliphatic heterocycles. The number of carboxylic acid groups (broad SMARTS) is 1. The Kier molecular flexibility index (Phi) is 2.60. The topological polar surface area (TPSA) is 95.9 Å². The Morgan fingerprint density at radius 1 is 1.32 bits per heavy atom. The van der Waals surface area contributed by atoms with Crippen LogP contribution in [0.2, 0.25) is 0 Å². The summed E-state index contributed by atoms with van der Waals surface area (Å²) in [4.78, 5) is 33.4. The van der Waals surface area contributed by atoms with E-state index in [0.29, 0.717) is 10.2 Å². The zero-order chi connectivity index (χ0) is 13.4. The molecule has 3 heterocycles. The van der Waals surface area contributed by atoms with Crippen LogP contribution < -0.4 is 5.56 Å². The number of hydrogen-bond acceptors (Lipinski definition) is 5. The molecule has 0 saturated carbocycles. The maximum atomic E-state index is 12.0. The molecular formula is C12H7N3O3S. The van der Waals surface area contributed by atoms with Crippen LogP contribution in [0.3, 0.4) is 0 Å². The Balaban J connectivity index is 2.31. The van der Waals surface area contributed by atoms with Crippen LogP contribution in [-0.4, -0.2) is 26.0 Å². The van der Waals surface area contributed by atoms with Crippen LogP contribution in [0.5, 0.6) is 0 Å². The van der Waals surface area contributed by atoms with Gasteiger partial charge in [0.1, 0.15) is 4.83 Å². The van der Waals surface area contributed by atoms with Gasteiger partial charge in [0.15, 0.2) is 0 Å². The van der Waals surface area contributed by atoms with Crippen LogP contribution in [0.1, 0.15) is 10.6 Å². The third-order valence-corrected chi connectivity index (χ3v) is 3.51. The van der Waals surface area contributed by atoms with Gasteiger partial charge < -0.3 is 10.1 Å². The number of nitrogens with zero attached hydrogens (tertiary/aromatic N) is 2. The first kappa shape index (κ1) is 11.5. The first-order chi connectivity index (χ1) is 9.16. The number of nitrogens with one attached hydrogen (secondary N) is 1. The minimum atomic E-state index is -1.25. The monoisotopic (exact) mass is 273 g/mol. The molecule has 0 fully saturated rings. The lowest BCUT2D eigenvalue weighted by Crippen LogP contribution is -2.14. The first-order valence-electron chi connectivity index (χ1n) is 5.32. The van der Waals surface area contributed by atoms with Gasteiger partial charge in [0.25, 0.3) is 5.56 Å². The van der Waals surface area contributed by atoms with E-state index in [1.54, 1.807) is 29.9 Å². The molecule has 0 atom stereocenters. The number of fused-ring (bicyclic) bond motifs is 1. The van der Waals surface area contributed by atoms with E-state index in [1.165, 1.54) is 11.3 Å². The quantitative estimate of drug-likeness (QED) is 0.741. The average Bonchev–Trinajstić information content (AvgIpc) is 2.84. The second-order valence-corrected chi connectivity index (χ2v) is 4.64. The van der Waals surface area contributed by atoms with Crippen LogP contribution >= 0.6 is 11.3 Å². The van der Waals surface area contributed by atoms with E-state index < -0.39 is 11.5 Å². The number of pyridine rings is 1. The van der Waals surface area contributed by atoms with Gasteiger partial charge in [-0.25, -0.2) is 9.78 Å². The molecule has 3 aromatic rings. The van der Waals surface area contributed by atoms with Crippen LogP contribution in [0.25, 0.3) is 21.3 Å². The van der Waals surface area contributed by atoms with Crippen molar-refractivity contribution in [3.8, 4) is 11.1 Å². The summed E-state index contributed by atoms with van der Waals surface area (Å²) in [5.74, 6) is -1.60. The number of rotatable bonds is 2. The predicted octanol–water partition coefficient (Wildman–Crippen LogP) is 1.74. The normalized spacial score (nSPS) is 10.7. The molecule has 2 N–H and O–H groups in total. The highest BCUT2D eigenvalue weighted by molar-refractivity contribution is 7.17. The van der Waals surface area contributed by atoms with Crippen molar-refractivity contribution in [2.24, 2.45) is 0 Å². The minimum Gasteiger partial charge on any atom is -0.475 e. The Morgan fingerprint density at radius 2 is 2.05 bits per heavy atom. The fraction of sp³-hybridized carbons (Fsp3) is 0. The van der Waals surface area contributed by atoms with Gasteiger partial charge in [-0.05, 0) is 17.7 Å². The molecule has 94 valence electrons. The number of aromatic nitrogens is 3. The fourth-order valence-corrected chi connectivity index (χ4v) is 2.74. The van der Waals surface area contributed by atoms with Gasteiger partial charge in [-0.3, -0.25) is 9.78 Å². The van der Waals surface area contributed by atoms with Gasteiger partial charge in [0.05, 0.1) is 5.39 Å². The summed E-state index contributed by atoms with van der Waals surface area (Å²) < 4.78 is 0. The molecule has 0 unspecified atom stereocenters. The van der Waals surface area contributed by atoms with Gasteiger partial charge in [0.2, 0.25) is 5.82 Å². The Bertz CT molecular complexity index is 823. The van der Waals surface area contributed by atoms with Gasteiger partial charge in [0, 0.05) is 23.3 Å². The number of thiophene rings is 1. The first-order valence-corrected chi connectivity index (χ1v) is 6.20. The average molecular weight is 273 g/mol. The van der Waals surface area contributed by atoms with Crippen molar-refractivity contribution < 1.29 is 9.90 Å². The Hall–Kier alpha value is -2.54. The smallest absolute Gasteiger partial charge is 0.372 e.